The van der Waals surface area contributed by atoms with Crippen LogP contribution in [0.5, 0.6) is 0 Å². The summed E-state index contributed by atoms with van der Waals surface area (Å²) in [6.07, 6.45) is 4.07. The molecule has 5 aromatic rings. The SMILES string of the molecule is C#C[C@](O)(c1ccc2c(N)ncnn12)[C@H](OCc1ccccc1)[C@]1(OCc2ccccc2)C(OCc2ccccc2)[C@H]1O. The van der Waals surface area contributed by atoms with E-state index in [1.807, 2.05) is 91.0 Å². The molecule has 6 rings (SSSR count). The van der Waals surface area contributed by atoms with Gasteiger partial charge in [-0.3, -0.25) is 0 Å². The van der Waals surface area contributed by atoms with Crippen LogP contribution >= 0.6 is 0 Å². The van der Waals surface area contributed by atoms with Crippen molar-refractivity contribution in [2.45, 2.75) is 49.3 Å². The van der Waals surface area contributed by atoms with Gasteiger partial charge in [-0.1, -0.05) is 96.9 Å². The molecule has 3 aromatic carbocycles. The number of nitrogens with two attached hydrogens (primary N) is 1. The van der Waals surface area contributed by atoms with E-state index in [9.17, 15) is 10.2 Å². The van der Waals surface area contributed by atoms with E-state index in [0.29, 0.717) is 5.52 Å². The maximum atomic E-state index is 12.5. The number of nitrogen functional groups attached to an aromatic ring is 1. The summed E-state index contributed by atoms with van der Waals surface area (Å²) >= 11 is 0. The van der Waals surface area contributed by atoms with Gasteiger partial charge >= 0.3 is 0 Å². The smallest absolute Gasteiger partial charge is 0.197 e. The highest BCUT2D eigenvalue weighted by atomic mass is 16.6. The van der Waals surface area contributed by atoms with Crippen molar-refractivity contribution in [2.75, 3.05) is 5.73 Å². The molecule has 9 nitrogen and oxygen atoms in total. The number of benzene rings is 3. The van der Waals surface area contributed by atoms with Crippen molar-refractivity contribution in [3.8, 4) is 12.3 Å². The first-order valence-electron chi connectivity index (χ1n) is 13.9. The van der Waals surface area contributed by atoms with Crippen LogP contribution in [0.15, 0.2) is 109 Å². The number of hydrogen-bond acceptors (Lipinski definition) is 8. The van der Waals surface area contributed by atoms with Crippen LogP contribution in [0.3, 0.4) is 0 Å². The molecule has 1 saturated carbocycles. The lowest BCUT2D eigenvalue weighted by atomic mass is 9.87. The molecule has 1 unspecified atom stereocenters. The zero-order valence-corrected chi connectivity index (χ0v) is 23.4. The summed E-state index contributed by atoms with van der Waals surface area (Å²) in [5.74, 6) is 2.77. The fraction of sp³-hybridized carbons (Fsp3) is 0.235. The van der Waals surface area contributed by atoms with Gasteiger partial charge in [0.15, 0.2) is 17.0 Å². The Labute approximate surface area is 249 Å². The molecule has 1 aliphatic rings. The number of aliphatic hydroxyl groups excluding tert-OH is 1. The molecule has 1 aliphatic carbocycles. The Bertz CT molecular complexity index is 1710. The van der Waals surface area contributed by atoms with Crippen molar-refractivity contribution < 1.29 is 24.4 Å². The number of nitrogens with zero attached hydrogens (tertiary/aromatic N) is 3. The van der Waals surface area contributed by atoms with Crippen molar-refractivity contribution in [3.05, 3.63) is 132 Å². The van der Waals surface area contributed by atoms with Crippen molar-refractivity contribution in [1.29, 1.82) is 0 Å². The fourth-order valence-electron chi connectivity index (χ4n) is 5.50. The molecule has 1 fully saturated rings. The number of terminal acetylenes is 1. The molecule has 4 N–H and O–H groups in total. The maximum absolute atomic E-state index is 12.5. The number of ether oxygens (including phenoxy) is 3. The highest BCUT2D eigenvalue weighted by molar-refractivity contribution is 5.66. The van der Waals surface area contributed by atoms with E-state index in [4.69, 9.17) is 26.4 Å². The molecule has 2 aromatic heterocycles. The van der Waals surface area contributed by atoms with Crippen molar-refractivity contribution in [2.24, 2.45) is 0 Å². The van der Waals surface area contributed by atoms with Crippen LogP contribution in [0.4, 0.5) is 5.82 Å². The fourth-order valence-corrected chi connectivity index (χ4v) is 5.50. The molecule has 0 radical (unpaired) electrons. The largest absolute Gasteiger partial charge is 0.387 e. The summed E-state index contributed by atoms with van der Waals surface area (Å²) in [5.41, 5.74) is 5.68. The summed E-state index contributed by atoms with van der Waals surface area (Å²) in [6, 6.07) is 31.9. The summed E-state index contributed by atoms with van der Waals surface area (Å²) in [4.78, 5) is 4.05. The number of hydrogen-bond donors (Lipinski definition) is 3. The number of aliphatic hydroxyl groups is 2. The molecule has 9 heteroatoms. The minimum Gasteiger partial charge on any atom is -0.387 e. The van der Waals surface area contributed by atoms with Crippen LogP contribution < -0.4 is 5.73 Å². The predicted octanol–water partition coefficient (Wildman–Crippen LogP) is 3.63. The first-order chi connectivity index (χ1) is 21.0. The molecule has 43 heavy (non-hydrogen) atoms. The first-order valence-corrected chi connectivity index (χ1v) is 13.9. The summed E-state index contributed by atoms with van der Waals surface area (Å²) in [7, 11) is 0. The van der Waals surface area contributed by atoms with E-state index < -0.39 is 29.5 Å². The highest BCUT2D eigenvalue weighted by Crippen LogP contribution is 2.53. The van der Waals surface area contributed by atoms with E-state index in [1.54, 1.807) is 12.1 Å². The predicted molar refractivity (Wildman–Crippen MR) is 160 cm³/mol. The maximum Gasteiger partial charge on any atom is 0.197 e. The van der Waals surface area contributed by atoms with Crippen LogP contribution in [0.1, 0.15) is 22.4 Å². The highest BCUT2D eigenvalue weighted by Gasteiger charge is 2.76. The summed E-state index contributed by atoms with van der Waals surface area (Å²) in [5, 5.41) is 28.4. The normalized spacial score (nSPS) is 21.6. The van der Waals surface area contributed by atoms with Crippen molar-refractivity contribution >= 4 is 11.3 Å². The standard InChI is InChI=1S/C34H32N4O5/c1-2-33(40,28-19-18-27-31(35)36-23-37-38(27)28)32(42-21-25-14-8-4-9-15-25)34(43-22-26-16-10-5-11-17-26)29(39)30(34)41-20-24-12-6-3-7-13-24/h1,3-19,23,29-30,32,39-40H,20-22H2,(H2,35,36,37)/t29-,30?,32+,33+,34-/m1/s1. The second-order valence-electron chi connectivity index (χ2n) is 10.5. The lowest BCUT2D eigenvalue weighted by molar-refractivity contribution is -0.194. The van der Waals surface area contributed by atoms with Gasteiger partial charge in [0.2, 0.25) is 0 Å². The van der Waals surface area contributed by atoms with Crippen LogP contribution in [0, 0.1) is 12.3 Å². The second kappa shape index (κ2) is 12.0. The van der Waals surface area contributed by atoms with Gasteiger partial charge in [0.25, 0.3) is 0 Å². The van der Waals surface area contributed by atoms with Gasteiger partial charge in [-0.2, -0.15) is 5.10 Å². The molecule has 0 aliphatic heterocycles. The third-order valence-electron chi connectivity index (χ3n) is 7.83. The quantitative estimate of drug-likeness (QED) is 0.192. The van der Waals surface area contributed by atoms with Gasteiger partial charge in [0, 0.05) is 0 Å². The van der Waals surface area contributed by atoms with Gasteiger partial charge in [-0.15, -0.1) is 6.42 Å². The van der Waals surface area contributed by atoms with Gasteiger partial charge in [0.1, 0.15) is 30.2 Å². The van der Waals surface area contributed by atoms with E-state index in [0.717, 1.165) is 16.7 Å². The molecule has 0 amide bonds. The molecular weight excluding hydrogens is 544 g/mol. The topological polar surface area (TPSA) is 124 Å². The molecule has 0 spiro atoms. The Morgan fingerprint density at radius 2 is 1.47 bits per heavy atom. The Balaban J connectivity index is 1.43. The minimum atomic E-state index is -2.15. The minimum absolute atomic E-state index is 0.0739. The van der Waals surface area contributed by atoms with E-state index >= 15 is 0 Å². The van der Waals surface area contributed by atoms with E-state index in [1.165, 1.54) is 10.8 Å². The Hall–Kier alpha value is -4.56. The van der Waals surface area contributed by atoms with Gasteiger partial charge in [-0.25, -0.2) is 9.50 Å². The first kappa shape index (κ1) is 28.6. The van der Waals surface area contributed by atoms with Crippen molar-refractivity contribution in [1.82, 2.24) is 14.6 Å². The lowest BCUT2D eigenvalue weighted by Crippen LogP contribution is -2.53. The van der Waals surface area contributed by atoms with Crippen LogP contribution in [0.2, 0.25) is 0 Å². The van der Waals surface area contributed by atoms with Gasteiger partial charge in [-0.05, 0) is 28.8 Å². The van der Waals surface area contributed by atoms with Crippen molar-refractivity contribution in [3.63, 3.8) is 0 Å². The third-order valence-corrected chi connectivity index (χ3v) is 7.83. The average molecular weight is 577 g/mol. The monoisotopic (exact) mass is 576 g/mol. The number of aromatic nitrogens is 3. The molecule has 218 valence electrons. The summed E-state index contributed by atoms with van der Waals surface area (Å²) < 4.78 is 20.8. The Morgan fingerprint density at radius 3 is 2.07 bits per heavy atom. The second-order valence-corrected chi connectivity index (χ2v) is 10.5. The van der Waals surface area contributed by atoms with Gasteiger partial charge in [0.05, 0.1) is 25.5 Å². The van der Waals surface area contributed by atoms with Crippen LogP contribution in [0.25, 0.3) is 5.52 Å². The third kappa shape index (κ3) is 5.39. The Morgan fingerprint density at radius 1 is 0.884 bits per heavy atom. The van der Waals surface area contributed by atoms with Gasteiger partial charge < -0.3 is 30.2 Å². The zero-order chi connectivity index (χ0) is 29.9. The molecule has 0 saturated heterocycles. The molecule has 0 bridgehead atoms. The summed E-state index contributed by atoms with van der Waals surface area (Å²) in [6.45, 7) is 0.389. The lowest BCUT2D eigenvalue weighted by Gasteiger charge is -2.37. The number of fused-ring (bicyclic) bond motifs is 1. The van der Waals surface area contributed by atoms with Crippen LogP contribution in [-0.2, 0) is 39.6 Å². The van der Waals surface area contributed by atoms with E-state index in [-0.39, 0.29) is 31.3 Å². The average Bonchev–Trinajstić information content (AvgIpc) is 3.35. The number of rotatable bonds is 12. The Kier molecular flexibility index (Phi) is 7.95. The van der Waals surface area contributed by atoms with Crippen LogP contribution in [-0.4, -0.2) is 48.7 Å². The zero-order valence-electron chi connectivity index (χ0n) is 23.4. The molecule has 5 atom stereocenters. The van der Waals surface area contributed by atoms with E-state index in [2.05, 4.69) is 16.0 Å². The number of anilines is 1. The molecular formula is C34H32N4O5. The molecule has 2 heterocycles.